The number of anilines is 1. The zero-order valence-electron chi connectivity index (χ0n) is 10.1. The van der Waals surface area contributed by atoms with Crippen molar-refractivity contribution in [2.24, 2.45) is 0 Å². The molecule has 1 amide bonds. The molecule has 0 heterocycles. The summed E-state index contributed by atoms with van der Waals surface area (Å²) >= 11 is 0. The number of benzene rings is 1. The molecule has 0 atom stereocenters. The zero-order chi connectivity index (χ0) is 12.3. The van der Waals surface area contributed by atoms with Crippen LogP contribution in [0, 0.1) is 6.92 Å². The smallest absolute Gasteiger partial charge is 0.251 e. The van der Waals surface area contributed by atoms with E-state index in [1.165, 1.54) is 0 Å². The number of ether oxygens (including phenoxy) is 1. The van der Waals surface area contributed by atoms with Gasteiger partial charge in [0.2, 0.25) is 0 Å². The number of hydrogen-bond acceptors (Lipinski definition) is 3. The SMILES string of the molecule is CNC(=O)c1cc(N)c(OC(C)C)cc1C. The van der Waals surface area contributed by atoms with Gasteiger partial charge in [-0.3, -0.25) is 4.79 Å². The van der Waals surface area contributed by atoms with Crippen LogP contribution in [0.15, 0.2) is 12.1 Å². The molecule has 0 spiro atoms. The first-order valence-corrected chi connectivity index (χ1v) is 5.24. The number of carbonyl (C=O) groups is 1. The van der Waals surface area contributed by atoms with Crippen molar-refractivity contribution in [1.82, 2.24) is 5.32 Å². The summed E-state index contributed by atoms with van der Waals surface area (Å²) in [5.41, 5.74) is 7.74. The summed E-state index contributed by atoms with van der Waals surface area (Å²) in [6, 6.07) is 3.44. The second-order valence-electron chi connectivity index (χ2n) is 3.95. The molecule has 0 aliphatic rings. The Balaban J connectivity index is 3.11. The number of rotatable bonds is 3. The minimum Gasteiger partial charge on any atom is -0.489 e. The average Bonchev–Trinajstić information content (AvgIpc) is 2.21. The number of nitrogen functional groups attached to an aromatic ring is 1. The van der Waals surface area contributed by atoms with Gasteiger partial charge in [0.25, 0.3) is 5.91 Å². The maximum Gasteiger partial charge on any atom is 0.251 e. The number of aryl methyl sites for hydroxylation is 1. The van der Waals surface area contributed by atoms with Crippen molar-refractivity contribution >= 4 is 11.6 Å². The third kappa shape index (κ3) is 2.66. The molecule has 4 nitrogen and oxygen atoms in total. The van der Waals surface area contributed by atoms with Crippen molar-refractivity contribution in [2.75, 3.05) is 12.8 Å². The molecule has 0 bridgehead atoms. The second kappa shape index (κ2) is 4.88. The fraction of sp³-hybridized carbons (Fsp3) is 0.417. The van der Waals surface area contributed by atoms with Gasteiger partial charge >= 0.3 is 0 Å². The Labute approximate surface area is 95.8 Å². The van der Waals surface area contributed by atoms with Gasteiger partial charge in [-0.05, 0) is 38.5 Å². The van der Waals surface area contributed by atoms with Gasteiger partial charge in [0, 0.05) is 12.6 Å². The average molecular weight is 222 g/mol. The molecular weight excluding hydrogens is 204 g/mol. The van der Waals surface area contributed by atoms with Gasteiger partial charge < -0.3 is 15.8 Å². The van der Waals surface area contributed by atoms with Crippen LogP contribution >= 0.6 is 0 Å². The highest BCUT2D eigenvalue weighted by molar-refractivity contribution is 5.96. The first-order valence-electron chi connectivity index (χ1n) is 5.24. The van der Waals surface area contributed by atoms with Crippen molar-refractivity contribution in [3.8, 4) is 5.75 Å². The summed E-state index contributed by atoms with van der Waals surface area (Å²) in [5, 5.41) is 2.57. The van der Waals surface area contributed by atoms with Crippen LogP contribution in [-0.4, -0.2) is 19.1 Å². The first kappa shape index (κ1) is 12.4. The lowest BCUT2D eigenvalue weighted by atomic mass is 10.1. The molecule has 1 aromatic rings. The van der Waals surface area contributed by atoms with E-state index in [9.17, 15) is 4.79 Å². The maximum absolute atomic E-state index is 11.5. The number of nitrogens with two attached hydrogens (primary N) is 1. The van der Waals surface area contributed by atoms with E-state index < -0.39 is 0 Å². The van der Waals surface area contributed by atoms with Crippen LogP contribution < -0.4 is 15.8 Å². The molecule has 1 aromatic carbocycles. The Morgan fingerprint density at radius 1 is 1.44 bits per heavy atom. The Bertz CT molecular complexity index is 400. The maximum atomic E-state index is 11.5. The minimum absolute atomic E-state index is 0.0625. The quantitative estimate of drug-likeness (QED) is 0.765. The van der Waals surface area contributed by atoms with Gasteiger partial charge in [-0.1, -0.05) is 0 Å². The normalized spacial score (nSPS) is 10.3. The summed E-state index contributed by atoms with van der Waals surface area (Å²) in [5.74, 6) is 0.487. The molecule has 1 rings (SSSR count). The van der Waals surface area contributed by atoms with E-state index in [2.05, 4.69) is 5.32 Å². The molecule has 0 unspecified atom stereocenters. The molecule has 0 aromatic heterocycles. The van der Waals surface area contributed by atoms with Crippen molar-refractivity contribution in [2.45, 2.75) is 26.9 Å². The Kier molecular flexibility index (Phi) is 3.77. The standard InChI is InChI=1S/C12H18N2O2/c1-7(2)16-11-5-8(3)9(6-10(11)13)12(15)14-4/h5-7H,13H2,1-4H3,(H,14,15). The number of nitrogens with one attached hydrogen (secondary N) is 1. The number of carbonyl (C=O) groups excluding carboxylic acids is 1. The monoisotopic (exact) mass is 222 g/mol. The third-order valence-corrected chi connectivity index (χ3v) is 2.19. The van der Waals surface area contributed by atoms with E-state index >= 15 is 0 Å². The molecule has 0 radical (unpaired) electrons. The molecule has 0 saturated heterocycles. The van der Waals surface area contributed by atoms with E-state index in [0.717, 1.165) is 5.56 Å². The van der Waals surface area contributed by atoms with E-state index in [4.69, 9.17) is 10.5 Å². The lowest BCUT2D eigenvalue weighted by Gasteiger charge is -2.14. The predicted molar refractivity (Wildman–Crippen MR) is 64.7 cm³/mol. The van der Waals surface area contributed by atoms with E-state index in [1.807, 2.05) is 20.8 Å². The lowest BCUT2D eigenvalue weighted by Crippen LogP contribution is -2.19. The van der Waals surface area contributed by atoms with Crippen molar-refractivity contribution in [3.05, 3.63) is 23.3 Å². The molecule has 4 heteroatoms. The van der Waals surface area contributed by atoms with Crippen molar-refractivity contribution in [1.29, 1.82) is 0 Å². The number of amides is 1. The van der Waals surface area contributed by atoms with Gasteiger partial charge in [0.05, 0.1) is 11.8 Å². The van der Waals surface area contributed by atoms with Crippen LogP contribution in [0.2, 0.25) is 0 Å². The van der Waals surface area contributed by atoms with Crippen LogP contribution in [0.1, 0.15) is 29.8 Å². The highest BCUT2D eigenvalue weighted by Gasteiger charge is 2.12. The fourth-order valence-electron chi connectivity index (χ4n) is 1.43. The summed E-state index contributed by atoms with van der Waals surface area (Å²) in [6.45, 7) is 5.72. The van der Waals surface area contributed by atoms with Crippen molar-refractivity contribution < 1.29 is 9.53 Å². The van der Waals surface area contributed by atoms with Gasteiger partial charge in [0.1, 0.15) is 5.75 Å². The van der Waals surface area contributed by atoms with E-state index in [-0.39, 0.29) is 12.0 Å². The Morgan fingerprint density at radius 2 is 2.06 bits per heavy atom. The van der Waals surface area contributed by atoms with Gasteiger partial charge in [0.15, 0.2) is 0 Å². The predicted octanol–water partition coefficient (Wildman–Crippen LogP) is 1.72. The molecule has 3 N–H and O–H groups in total. The molecule has 0 aliphatic carbocycles. The first-order chi connectivity index (χ1) is 7.45. The van der Waals surface area contributed by atoms with Crippen LogP contribution in [0.5, 0.6) is 5.75 Å². The van der Waals surface area contributed by atoms with E-state index in [0.29, 0.717) is 17.0 Å². The van der Waals surface area contributed by atoms with Crippen LogP contribution in [0.4, 0.5) is 5.69 Å². The van der Waals surface area contributed by atoms with Gasteiger partial charge in [-0.25, -0.2) is 0 Å². The summed E-state index contributed by atoms with van der Waals surface area (Å²) in [6.07, 6.45) is 0.0625. The second-order valence-corrected chi connectivity index (χ2v) is 3.95. The van der Waals surface area contributed by atoms with Crippen LogP contribution in [-0.2, 0) is 0 Å². The van der Waals surface area contributed by atoms with Crippen LogP contribution in [0.25, 0.3) is 0 Å². The fourth-order valence-corrected chi connectivity index (χ4v) is 1.43. The summed E-state index contributed by atoms with van der Waals surface area (Å²) in [7, 11) is 1.59. The lowest BCUT2D eigenvalue weighted by molar-refractivity contribution is 0.0962. The molecule has 0 fully saturated rings. The van der Waals surface area contributed by atoms with Crippen molar-refractivity contribution in [3.63, 3.8) is 0 Å². The highest BCUT2D eigenvalue weighted by Crippen LogP contribution is 2.26. The molecular formula is C12H18N2O2. The Hall–Kier alpha value is -1.71. The topological polar surface area (TPSA) is 64.4 Å². The summed E-state index contributed by atoms with van der Waals surface area (Å²) in [4.78, 5) is 11.5. The molecule has 16 heavy (non-hydrogen) atoms. The molecule has 0 aliphatic heterocycles. The van der Waals surface area contributed by atoms with Crippen LogP contribution in [0.3, 0.4) is 0 Å². The highest BCUT2D eigenvalue weighted by atomic mass is 16.5. The Morgan fingerprint density at radius 3 is 2.56 bits per heavy atom. The minimum atomic E-state index is -0.139. The zero-order valence-corrected chi connectivity index (χ0v) is 10.1. The summed E-state index contributed by atoms with van der Waals surface area (Å²) < 4.78 is 5.54. The van der Waals surface area contributed by atoms with Gasteiger partial charge in [-0.2, -0.15) is 0 Å². The molecule has 0 saturated carbocycles. The van der Waals surface area contributed by atoms with E-state index in [1.54, 1.807) is 19.2 Å². The third-order valence-electron chi connectivity index (χ3n) is 2.19. The largest absolute Gasteiger partial charge is 0.489 e. The van der Waals surface area contributed by atoms with Gasteiger partial charge in [-0.15, -0.1) is 0 Å². The number of hydrogen-bond donors (Lipinski definition) is 2. The molecule has 88 valence electrons.